The highest BCUT2D eigenvalue weighted by molar-refractivity contribution is 5.79. The van der Waals surface area contributed by atoms with Crippen molar-refractivity contribution in [2.24, 2.45) is 11.8 Å². The lowest BCUT2D eigenvalue weighted by molar-refractivity contribution is -0.127. The van der Waals surface area contributed by atoms with E-state index in [1.54, 1.807) is 6.33 Å². The summed E-state index contributed by atoms with van der Waals surface area (Å²) >= 11 is 0. The number of aromatic amines is 1. The third kappa shape index (κ3) is 6.16. The predicted molar refractivity (Wildman–Crippen MR) is 119 cm³/mol. The largest absolute Gasteiger partial charge is 0.355 e. The molecule has 0 unspecified atom stereocenters. The molecule has 2 aliphatic rings. The molecular weight excluding hydrogens is 374 g/mol. The van der Waals surface area contributed by atoms with Crippen LogP contribution in [-0.4, -0.2) is 71.5 Å². The zero-order valence-electron chi connectivity index (χ0n) is 17.9. The standard InChI is InChI=1S/C24H35N5O/c30-24(26-10-8-23-15-25-19-27-23)22-14-21(16-28-11-4-5-12-28)17-29(18-22)13-9-20-6-2-1-3-7-20/h1-3,6-7,15,19,21-22H,4-5,8-14,16-18H2,(H,25,27)(H,26,30)/t21-,22-/m1/s1. The number of rotatable bonds is 9. The van der Waals surface area contributed by atoms with Gasteiger partial charge in [0.05, 0.1) is 12.2 Å². The lowest BCUT2D eigenvalue weighted by Crippen LogP contribution is -2.49. The first kappa shape index (κ1) is 21.1. The van der Waals surface area contributed by atoms with E-state index < -0.39 is 0 Å². The van der Waals surface area contributed by atoms with Gasteiger partial charge in [-0.1, -0.05) is 30.3 Å². The molecule has 162 valence electrons. The van der Waals surface area contributed by atoms with E-state index in [2.05, 4.69) is 55.4 Å². The third-order valence-corrected chi connectivity index (χ3v) is 6.51. The van der Waals surface area contributed by atoms with Crippen LogP contribution in [0.1, 0.15) is 30.5 Å². The molecule has 2 fully saturated rings. The van der Waals surface area contributed by atoms with Crippen LogP contribution in [0.4, 0.5) is 0 Å². The Labute approximate surface area is 180 Å². The van der Waals surface area contributed by atoms with Crippen LogP contribution in [0.25, 0.3) is 0 Å². The quantitative estimate of drug-likeness (QED) is 0.667. The van der Waals surface area contributed by atoms with Gasteiger partial charge in [-0.25, -0.2) is 4.98 Å². The van der Waals surface area contributed by atoms with Gasteiger partial charge >= 0.3 is 0 Å². The van der Waals surface area contributed by atoms with Gasteiger partial charge in [-0.15, -0.1) is 0 Å². The lowest BCUT2D eigenvalue weighted by atomic mass is 9.87. The molecule has 0 radical (unpaired) electrons. The number of nitrogens with zero attached hydrogens (tertiary/aromatic N) is 3. The highest BCUT2D eigenvalue weighted by Crippen LogP contribution is 2.25. The van der Waals surface area contributed by atoms with Gasteiger partial charge in [0.15, 0.2) is 0 Å². The predicted octanol–water partition coefficient (Wildman–Crippen LogP) is 2.35. The van der Waals surface area contributed by atoms with Crippen LogP contribution in [0.5, 0.6) is 0 Å². The number of H-pyrrole nitrogens is 1. The molecule has 0 bridgehead atoms. The monoisotopic (exact) mass is 409 g/mol. The summed E-state index contributed by atoms with van der Waals surface area (Å²) in [6.45, 7) is 7.26. The number of carbonyl (C=O) groups excluding carboxylic acids is 1. The number of nitrogens with one attached hydrogen (secondary N) is 2. The van der Waals surface area contributed by atoms with Crippen molar-refractivity contribution in [1.29, 1.82) is 0 Å². The second-order valence-electron chi connectivity index (χ2n) is 8.92. The topological polar surface area (TPSA) is 64.3 Å². The average molecular weight is 410 g/mol. The van der Waals surface area contributed by atoms with E-state index in [1.807, 2.05) is 6.20 Å². The van der Waals surface area contributed by atoms with Crippen molar-refractivity contribution in [2.75, 3.05) is 45.8 Å². The molecule has 1 aromatic heterocycles. The summed E-state index contributed by atoms with van der Waals surface area (Å²) in [4.78, 5) is 25.2. The Kier molecular flexibility index (Phi) is 7.54. The summed E-state index contributed by atoms with van der Waals surface area (Å²) in [6.07, 6.45) is 9.01. The first-order valence-electron chi connectivity index (χ1n) is 11.5. The van der Waals surface area contributed by atoms with Crippen molar-refractivity contribution in [1.82, 2.24) is 25.1 Å². The van der Waals surface area contributed by atoms with E-state index in [-0.39, 0.29) is 11.8 Å². The van der Waals surface area contributed by atoms with Crippen molar-refractivity contribution >= 4 is 5.91 Å². The molecular formula is C24H35N5O. The number of carbonyl (C=O) groups is 1. The molecule has 2 saturated heterocycles. The molecule has 6 heteroatoms. The summed E-state index contributed by atoms with van der Waals surface area (Å²) in [5.74, 6) is 0.880. The lowest BCUT2D eigenvalue weighted by Gasteiger charge is -2.38. The Morgan fingerprint density at radius 2 is 1.93 bits per heavy atom. The number of hydrogen-bond acceptors (Lipinski definition) is 4. The van der Waals surface area contributed by atoms with E-state index >= 15 is 0 Å². The van der Waals surface area contributed by atoms with E-state index in [4.69, 9.17) is 0 Å². The normalized spacial score (nSPS) is 22.9. The van der Waals surface area contributed by atoms with Crippen LogP contribution < -0.4 is 5.32 Å². The number of piperidine rings is 1. The average Bonchev–Trinajstić information content (AvgIpc) is 3.47. The number of aromatic nitrogens is 2. The second-order valence-corrected chi connectivity index (χ2v) is 8.92. The number of benzene rings is 1. The molecule has 2 N–H and O–H groups in total. The first-order valence-corrected chi connectivity index (χ1v) is 11.5. The minimum atomic E-state index is 0.0869. The summed E-state index contributed by atoms with van der Waals surface area (Å²) in [7, 11) is 0. The number of amides is 1. The maximum atomic E-state index is 13.0. The van der Waals surface area contributed by atoms with Crippen LogP contribution in [0.3, 0.4) is 0 Å². The van der Waals surface area contributed by atoms with Gasteiger partial charge in [-0.05, 0) is 50.3 Å². The van der Waals surface area contributed by atoms with Crippen LogP contribution in [0.2, 0.25) is 0 Å². The number of hydrogen-bond donors (Lipinski definition) is 2. The maximum Gasteiger partial charge on any atom is 0.224 e. The number of imidazole rings is 1. The minimum Gasteiger partial charge on any atom is -0.355 e. The molecule has 1 amide bonds. The van der Waals surface area contributed by atoms with Crippen LogP contribution in [-0.2, 0) is 17.6 Å². The molecule has 0 aliphatic carbocycles. The summed E-state index contributed by atoms with van der Waals surface area (Å²) in [5, 5.41) is 3.17. The van der Waals surface area contributed by atoms with E-state index in [0.29, 0.717) is 12.5 Å². The Hall–Kier alpha value is -2.18. The molecule has 2 aliphatic heterocycles. The summed E-state index contributed by atoms with van der Waals surface area (Å²) < 4.78 is 0. The van der Waals surface area contributed by atoms with Crippen molar-refractivity contribution in [3.63, 3.8) is 0 Å². The summed E-state index contributed by atoms with van der Waals surface area (Å²) in [6, 6.07) is 10.7. The zero-order valence-corrected chi connectivity index (χ0v) is 17.9. The Morgan fingerprint density at radius 1 is 1.10 bits per heavy atom. The fourth-order valence-electron chi connectivity index (χ4n) is 4.96. The second kappa shape index (κ2) is 10.7. The molecule has 0 spiro atoms. The molecule has 1 aromatic carbocycles. The smallest absolute Gasteiger partial charge is 0.224 e. The van der Waals surface area contributed by atoms with Gasteiger partial charge in [0.2, 0.25) is 5.91 Å². The molecule has 30 heavy (non-hydrogen) atoms. The Balaban J connectivity index is 1.32. The molecule has 3 heterocycles. The maximum absolute atomic E-state index is 13.0. The van der Waals surface area contributed by atoms with Gasteiger partial charge in [0, 0.05) is 51.0 Å². The van der Waals surface area contributed by atoms with Crippen LogP contribution >= 0.6 is 0 Å². The van der Waals surface area contributed by atoms with Crippen LogP contribution in [0.15, 0.2) is 42.9 Å². The van der Waals surface area contributed by atoms with E-state index in [1.165, 1.54) is 31.5 Å². The van der Waals surface area contributed by atoms with Gasteiger partial charge in [0.25, 0.3) is 0 Å². The molecule has 6 nitrogen and oxygen atoms in total. The van der Waals surface area contributed by atoms with Gasteiger partial charge in [-0.2, -0.15) is 0 Å². The van der Waals surface area contributed by atoms with E-state index in [0.717, 1.165) is 51.1 Å². The first-order chi connectivity index (χ1) is 14.8. The zero-order chi connectivity index (χ0) is 20.6. The molecule has 2 atom stereocenters. The van der Waals surface area contributed by atoms with Crippen molar-refractivity contribution in [3.05, 3.63) is 54.1 Å². The SMILES string of the molecule is O=C(NCCc1cnc[nH]1)[C@@H]1C[C@H](CN2CCCC2)CN(CCc2ccccc2)C1. The van der Waals surface area contributed by atoms with Crippen LogP contribution in [0, 0.1) is 11.8 Å². The van der Waals surface area contributed by atoms with Crippen molar-refractivity contribution in [2.45, 2.75) is 32.1 Å². The van der Waals surface area contributed by atoms with Gasteiger partial charge in [0.1, 0.15) is 0 Å². The number of likely N-dealkylation sites (tertiary alicyclic amines) is 2. The molecule has 4 rings (SSSR count). The van der Waals surface area contributed by atoms with Gasteiger partial charge < -0.3 is 20.1 Å². The summed E-state index contributed by atoms with van der Waals surface area (Å²) in [5.41, 5.74) is 2.44. The molecule has 0 saturated carbocycles. The third-order valence-electron chi connectivity index (χ3n) is 6.51. The van der Waals surface area contributed by atoms with E-state index in [9.17, 15) is 4.79 Å². The van der Waals surface area contributed by atoms with Gasteiger partial charge in [-0.3, -0.25) is 4.79 Å². The highest BCUT2D eigenvalue weighted by atomic mass is 16.1. The highest BCUT2D eigenvalue weighted by Gasteiger charge is 2.32. The molecule has 2 aromatic rings. The van der Waals surface area contributed by atoms with Crippen molar-refractivity contribution < 1.29 is 4.79 Å². The fraction of sp³-hybridized carbons (Fsp3) is 0.583. The van der Waals surface area contributed by atoms with Crippen molar-refractivity contribution in [3.8, 4) is 0 Å². The Morgan fingerprint density at radius 3 is 2.70 bits per heavy atom. The fourth-order valence-corrected chi connectivity index (χ4v) is 4.96. The minimum absolute atomic E-state index is 0.0869. The Bertz CT molecular complexity index is 757.